The van der Waals surface area contributed by atoms with E-state index in [1.54, 1.807) is 0 Å². The number of nitrogens with zero attached hydrogens (tertiary/aromatic N) is 1. The van der Waals surface area contributed by atoms with E-state index in [0.29, 0.717) is 0 Å². The fourth-order valence-corrected chi connectivity index (χ4v) is 1.77. The van der Waals surface area contributed by atoms with Gasteiger partial charge in [0.2, 0.25) is 0 Å². The van der Waals surface area contributed by atoms with Crippen molar-refractivity contribution >= 4 is 16.7 Å². The Morgan fingerprint density at radius 1 is 1.20 bits per heavy atom. The Bertz CT molecular complexity index is 547. The Kier molecular flexibility index (Phi) is 2.15. The van der Waals surface area contributed by atoms with Gasteiger partial charge in [-0.05, 0) is 36.4 Å². The van der Waals surface area contributed by atoms with Crippen molar-refractivity contribution in [1.82, 2.24) is 4.98 Å². The molecular weight excluding hydrogens is 190 g/mol. The molecule has 1 aromatic carbocycles. The smallest absolute Gasteiger partial charge is 0.355 e. The van der Waals surface area contributed by atoms with Crippen LogP contribution in [0.15, 0.2) is 24.4 Å². The van der Waals surface area contributed by atoms with E-state index in [9.17, 15) is 4.79 Å². The van der Waals surface area contributed by atoms with Gasteiger partial charge in [0.1, 0.15) is 0 Å². The first-order valence-corrected chi connectivity index (χ1v) is 4.69. The fourth-order valence-electron chi connectivity index (χ4n) is 1.77. The predicted molar refractivity (Wildman–Crippen MR) is 58.2 cm³/mol. The number of benzene rings is 1. The number of hydrogen-bond acceptors (Lipinski definition) is 2. The highest BCUT2D eigenvalue weighted by molar-refractivity contribution is 6.04. The molecule has 0 radical (unpaired) electrons. The molecule has 2 aromatic rings. The van der Waals surface area contributed by atoms with Crippen LogP contribution in [-0.4, -0.2) is 16.1 Å². The third-order valence-corrected chi connectivity index (χ3v) is 2.56. The van der Waals surface area contributed by atoms with Crippen LogP contribution in [0.25, 0.3) is 10.8 Å². The number of carbonyl (C=O) groups is 1. The topological polar surface area (TPSA) is 50.2 Å². The molecule has 0 atom stereocenters. The zero-order valence-corrected chi connectivity index (χ0v) is 8.61. The summed E-state index contributed by atoms with van der Waals surface area (Å²) in [6.07, 6.45) is 1.54. The minimum absolute atomic E-state index is 0.133. The van der Waals surface area contributed by atoms with Gasteiger partial charge in [0.15, 0.2) is 5.69 Å². The maximum Gasteiger partial charge on any atom is 0.355 e. The normalized spacial score (nSPS) is 10.5. The molecule has 0 aliphatic heterocycles. The van der Waals surface area contributed by atoms with Crippen LogP contribution < -0.4 is 0 Å². The minimum atomic E-state index is -0.977. The van der Waals surface area contributed by atoms with Crippen LogP contribution in [0.2, 0.25) is 0 Å². The van der Waals surface area contributed by atoms with E-state index in [2.05, 4.69) is 4.98 Å². The van der Waals surface area contributed by atoms with E-state index in [1.807, 2.05) is 32.0 Å². The van der Waals surface area contributed by atoms with E-state index in [4.69, 9.17) is 5.11 Å². The maximum absolute atomic E-state index is 11.0. The standard InChI is InChI=1S/C12H11NO2/c1-7-3-4-8(2)10-9(7)5-6-13-11(10)12(14)15/h3-6H,1-2H3,(H,14,15). The quantitative estimate of drug-likeness (QED) is 0.771. The van der Waals surface area contributed by atoms with Crippen molar-refractivity contribution in [2.45, 2.75) is 13.8 Å². The van der Waals surface area contributed by atoms with Crippen molar-refractivity contribution in [1.29, 1.82) is 0 Å². The van der Waals surface area contributed by atoms with Gasteiger partial charge in [-0.1, -0.05) is 12.1 Å². The second kappa shape index (κ2) is 3.35. The Hall–Kier alpha value is -1.90. The van der Waals surface area contributed by atoms with E-state index in [-0.39, 0.29) is 5.69 Å². The first-order valence-electron chi connectivity index (χ1n) is 4.69. The second-order valence-electron chi connectivity index (χ2n) is 3.59. The van der Waals surface area contributed by atoms with Crippen LogP contribution in [0.4, 0.5) is 0 Å². The number of hydrogen-bond donors (Lipinski definition) is 1. The molecule has 0 saturated heterocycles. The zero-order chi connectivity index (χ0) is 11.0. The molecule has 3 heteroatoms. The molecule has 1 heterocycles. The van der Waals surface area contributed by atoms with Gasteiger partial charge < -0.3 is 5.11 Å². The Morgan fingerprint density at radius 3 is 2.53 bits per heavy atom. The average Bonchev–Trinajstić information content (AvgIpc) is 2.23. The lowest BCUT2D eigenvalue weighted by Gasteiger charge is -2.07. The van der Waals surface area contributed by atoms with E-state index >= 15 is 0 Å². The highest BCUT2D eigenvalue weighted by atomic mass is 16.4. The second-order valence-corrected chi connectivity index (χ2v) is 3.59. The molecule has 3 nitrogen and oxygen atoms in total. The molecule has 0 fully saturated rings. The van der Waals surface area contributed by atoms with Crippen molar-refractivity contribution in [3.63, 3.8) is 0 Å². The predicted octanol–water partition coefficient (Wildman–Crippen LogP) is 2.55. The molecule has 0 aliphatic carbocycles. The summed E-state index contributed by atoms with van der Waals surface area (Å²) in [5.41, 5.74) is 2.15. The summed E-state index contributed by atoms with van der Waals surface area (Å²) in [5, 5.41) is 10.7. The van der Waals surface area contributed by atoms with Crippen LogP contribution in [0, 0.1) is 13.8 Å². The van der Waals surface area contributed by atoms with Crippen molar-refractivity contribution in [3.8, 4) is 0 Å². The third kappa shape index (κ3) is 1.46. The molecular formula is C12H11NO2. The SMILES string of the molecule is Cc1ccc(C)c2c(C(=O)O)nccc12. The molecule has 0 unspecified atom stereocenters. The van der Waals surface area contributed by atoms with Gasteiger partial charge in [-0.15, -0.1) is 0 Å². The third-order valence-electron chi connectivity index (χ3n) is 2.56. The van der Waals surface area contributed by atoms with Gasteiger partial charge in [-0.2, -0.15) is 0 Å². The van der Waals surface area contributed by atoms with Gasteiger partial charge in [-0.25, -0.2) is 9.78 Å². The molecule has 2 rings (SSSR count). The number of rotatable bonds is 1. The number of aromatic carboxylic acids is 1. The number of carboxylic acid groups (broad SMARTS) is 1. The molecule has 0 spiro atoms. The van der Waals surface area contributed by atoms with Crippen LogP contribution in [0.1, 0.15) is 21.6 Å². The molecule has 0 bridgehead atoms. The van der Waals surface area contributed by atoms with Gasteiger partial charge in [0, 0.05) is 11.6 Å². The lowest BCUT2D eigenvalue weighted by Crippen LogP contribution is -2.02. The van der Waals surface area contributed by atoms with E-state index in [1.165, 1.54) is 6.20 Å². The van der Waals surface area contributed by atoms with Gasteiger partial charge in [0.05, 0.1) is 0 Å². The molecule has 1 N–H and O–H groups in total. The van der Waals surface area contributed by atoms with E-state index in [0.717, 1.165) is 21.9 Å². The molecule has 1 aromatic heterocycles. The average molecular weight is 201 g/mol. The molecule has 0 amide bonds. The number of pyridine rings is 1. The fraction of sp³-hybridized carbons (Fsp3) is 0.167. The van der Waals surface area contributed by atoms with Crippen molar-refractivity contribution in [2.75, 3.05) is 0 Å². The summed E-state index contributed by atoms with van der Waals surface area (Å²) in [4.78, 5) is 14.9. The Morgan fingerprint density at radius 2 is 1.87 bits per heavy atom. The van der Waals surface area contributed by atoms with Gasteiger partial charge >= 0.3 is 5.97 Å². The first-order chi connectivity index (χ1) is 7.11. The monoisotopic (exact) mass is 201 g/mol. The van der Waals surface area contributed by atoms with Crippen LogP contribution in [-0.2, 0) is 0 Å². The van der Waals surface area contributed by atoms with E-state index < -0.39 is 5.97 Å². The van der Waals surface area contributed by atoms with Gasteiger partial charge in [-0.3, -0.25) is 0 Å². The molecule has 15 heavy (non-hydrogen) atoms. The molecule has 76 valence electrons. The number of aromatic nitrogens is 1. The van der Waals surface area contributed by atoms with Crippen LogP contribution in [0.5, 0.6) is 0 Å². The van der Waals surface area contributed by atoms with Gasteiger partial charge in [0.25, 0.3) is 0 Å². The first kappa shape index (κ1) is 9.65. The zero-order valence-electron chi connectivity index (χ0n) is 8.61. The van der Waals surface area contributed by atoms with Crippen LogP contribution in [0.3, 0.4) is 0 Å². The highest BCUT2D eigenvalue weighted by Crippen LogP contribution is 2.24. The summed E-state index contributed by atoms with van der Waals surface area (Å²) >= 11 is 0. The summed E-state index contributed by atoms with van der Waals surface area (Å²) in [6.45, 7) is 3.86. The highest BCUT2D eigenvalue weighted by Gasteiger charge is 2.12. The van der Waals surface area contributed by atoms with Crippen LogP contribution >= 0.6 is 0 Å². The van der Waals surface area contributed by atoms with Crippen molar-refractivity contribution in [2.24, 2.45) is 0 Å². The van der Waals surface area contributed by atoms with Crippen molar-refractivity contribution in [3.05, 3.63) is 41.2 Å². The number of carboxylic acids is 1. The lowest BCUT2D eigenvalue weighted by molar-refractivity contribution is 0.0693. The largest absolute Gasteiger partial charge is 0.476 e. The van der Waals surface area contributed by atoms with Crippen molar-refractivity contribution < 1.29 is 9.90 Å². The Labute approximate surface area is 87.4 Å². The summed E-state index contributed by atoms with van der Waals surface area (Å²) in [7, 11) is 0. The summed E-state index contributed by atoms with van der Waals surface area (Å²) in [5.74, 6) is -0.977. The number of fused-ring (bicyclic) bond motifs is 1. The lowest BCUT2D eigenvalue weighted by atomic mass is 10.0. The summed E-state index contributed by atoms with van der Waals surface area (Å²) < 4.78 is 0. The number of aryl methyl sites for hydroxylation is 2. The maximum atomic E-state index is 11.0. The molecule has 0 saturated carbocycles. The summed E-state index contributed by atoms with van der Waals surface area (Å²) in [6, 6.07) is 5.76. The Balaban J connectivity index is 2.96. The molecule has 0 aliphatic rings. The minimum Gasteiger partial charge on any atom is -0.476 e.